The van der Waals surface area contributed by atoms with Crippen molar-refractivity contribution in [3.8, 4) is 0 Å². The second-order valence-corrected chi connectivity index (χ2v) is 5.20. The highest BCUT2D eigenvalue weighted by Gasteiger charge is 2.15. The zero-order valence-electron chi connectivity index (χ0n) is 12.8. The van der Waals surface area contributed by atoms with Gasteiger partial charge in [-0.15, -0.1) is 0 Å². The van der Waals surface area contributed by atoms with E-state index in [2.05, 4.69) is 41.4 Å². The van der Waals surface area contributed by atoms with E-state index in [-0.39, 0.29) is 0 Å². The number of hydrogen-bond donors (Lipinski definition) is 2. The molecule has 2 rings (SSSR count). The van der Waals surface area contributed by atoms with Crippen LogP contribution in [0.3, 0.4) is 0 Å². The summed E-state index contributed by atoms with van der Waals surface area (Å²) < 4.78 is 5.64. The van der Waals surface area contributed by atoms with Crippen LogP contribution in [0.4, 0.5) is 11.6 Å². The molecule has 0 aliphatic carbocycles. The molecule has 112 valence electrons. The van der Waals surface area contributed by atoms with Crippen LogP contribution in [-0.2, 0) is 11.2 Å². The summed E-state index contributed by atoms with van der Waals surface area (Å²) in [5, 5.41) is 6.75. The molecule has 1 saturated heterocycles. The number of nitrogens with one attached hydrogen (secondary N) is 2. The van der Waals surface area contributed by atoms with E-state index in [4.69, 9.17) is 4.74 Å². The maximum Gasteiger partial charge on any atom is 0.134 e. The summed E-state index contributed by atoms with van der Waals surface area (Å²) >= 11 is 0. The van der Waals surface area contributed by atoms with Gasteiger partial charge >= 0.3 is 0 Å². The highest BCUT2D eigenvalue weighted by molar-refractivity contribution is 5.57. The molecular weight excluding hydrogens is 252 g/mol. The maximum absolute atomic E-state index is 5.64. The lowest BCUT2D eigenvalue weighted by molar-refractivity contribution is 0.107. The number of aromatic nitrogens is 2. The van der Waals surface area contributed by atoms with Gasteiger partial charge < -0.3 is 15.4 Å². The van der Waals surface area contributed by atoms with E-state index >= 15 is 0 Å². The molecule has 1 fully saturated rings. The second-order valence-electron chi connectivity index (χ2n) is 5.20. The molecule has 1 aliphatic heterocycles. The zero-order valence-corrected chi connectivity index (χ0v) is 12.8. The van der Waals surface area contributed by atoms with Crippen molar-refractivity contribution >= 4 is 11.6 Å². The number of aryl methyl sites for hydroxylation is 1. The minimum atomic E-state index is 0.420. The highest BCUT2D eigenvalue weighted by Crippen LogP contribution is 2.21. The molecule has 5 nitrogen and oxygen atoms in total. The summed E-state index contributed by atoms with van der Waals surface area (Å²) in [4.78, 5) is 9.13. The Morgan fingerprint density at radius 1 is 1.20 bits per heavy atom. The number of nitrogens with zero attached hydrogens (tertiary/aromatic N) is 2. The average Bonchev–Trinajstić information content (AvgIpc) is 2.96. The van der Waals surface area contributed by atoms with Gasteiger partial charge in [-0.05, 0) is 33.1 Å². The van der Waals surface area contributed by atoms with Crippen LogP contribution in [0.2, 0.25) is 0 Å². The van der Waals surface area contributed by atoms with Crippen molar-refractivity contribution in [3.63, 3.8) is 0 Å². The SMILES string of the molecule is CCNc1nc(CC)nc(NCCC2CCCO2)c1C. The van der Waals surface area contributed by atoms with Crippen molar-refractivity contribution < 1.29 is 4.74 Å². The molecule has 0 saturated carbocycles. The summed E-state index contributed by atoms with van der Waals surface area (Å²) in [7, 11) is 0. The Bertz CT molecular complexity index is 430. The third-order valence-corrected chi connectivity index (χ3v) is 3.64. The summed E-state index contributed by atoms with van der Waals surface area (Å²) in [5.41, 5.74) is 1.09. The van der Waals surface area contributed by atoms with Crippen molar-refractivity contribution in [2.75, 3.05) is 30.3 Å². The van der Waals surface area contributed by atoms with Gasteiger partial charge in [0.25, 0.3) is 0 Å². The van der Waals surface area contributed by atoms with Gasteiger partial charge in [0, 0.05) is 31.7 Å². The fourth-order valence-corrected chi connectivity index (χ4v) is 2.46. The minimum Gasteiger partial charge on any atom is -0.378 e. The molecule has 0 spiro atoms. The van der Waals surface area contributed by atoms with Gasteiger partial charge in [0.05, 0.1) is 6.10 Å². The fraction of sp³-hybridized carbons (Fsp3) is 0.733. The normalized spacial score (nSPS) is 18.2. The smallest absolute Gasteiger partial charge is 0.134 e. The van der Waals surface area contributed by atoms with Crippen LogP contribution in [0.15, 0.2) is 0 Å². The van der Waals surface area contributed by atoms with E-state index < -0.39 is 0 Å². The number of hydrogen-bond acceptors (Lipinski definition) is 5. The predicted octanol–water partition coefficient (Wildman–Crippen LogP) is 2.76. The first-order valence-electron chi connectivity index (χ1n) is 7.71. The largest absolute Gasteiger partial charge is 0.378 e. The van der Waals surface area contributed by atoms with Gasteiger partial charge in [-0.25, -0.2) is 9.97 Å². The van der Waals surface area contributed by atoms with Crippen LogP contribution >= 0.6 is 0 Å². The summed E-state index contributed by atoms with van der Waals surface area (Å²) in [6, 6.07) is 0. The molecule has 1 aliphatic rings. The van der Waals surface area contributed by atoms with E-state index in [1.807, 2.05) is 0 Å². The summed E-state index contributed by atoms with van der Waals surface area (Å²) in [6.07, 6.45) is 4.69. The molecule has 0 radical (unpaired) electrons. The lowest BCUT2D eigenvalue weighted by atomic mass is 10.2. The van der Waals surface area contributed by atoms with Crippen LogP contribution in [0.5, 0.6) is 0 Å². The quantitative estimate of drug-likeness (QED) is 0.803. The van der Waals surface area contributed by atoms with E-state index in [0.29, 0.717) is 6.10 Å². The van der Waals surface area contributed by atoms with E-state index in [1.165, 1.54) is 12.8 Å². The van der Waals surface area contributed by atoms with Crippen molar-refractivity contribution in [2.45, 2.75) is 52.6 Å². The van der Waals surface area contributed by atoms with E-state index in [9.17, 15) is 0 Å². The Hall–Kier alpha value is -1.36. The van der Waals surface area contributed by atoms with Gasteiger partial charge in [-0.3, -0.25) is 0 Å². The van der Waals surface area contributed by atoms with Crippen molar-refractivity contribution in [3.05, 3.63) is 11.4 Å². The molecule has 1 unspecified atom stereocenters. The topological polar surface area (TPSA) is 59.1 Å². The molecule has 0 amide bonds. The van der Waals surface area contributed by atoms with Gasteiger partial charge in [0.1, 0.15) is 17.5 Å². The van der Waals surface area contributed by atoms with Gasteiger partial charge in [-0.2, -0.15) is 0 Å². The van der Waals surface area contributed by atoms with E-state index in [0.717, 1.165) is 55.6 Å². The minimum absolute atomic E-state index is 0.420. The first kappa shape index (κ1) is 15.0. The third kappa shape index (κ3) is 3.82. The fourth-order valence-electron chi connectivity index (χ4n) is 2.46. The zero-order chi connectivity index (χ0) is 14.4. The highest BCUT2D eigenvalue weighted by atomic mass is 16.5. The summed E-state index contributed by atoms with van der Waals surface area (Å²) in [6.45, 7) is 8.91. The monoisotopic (exact) mass is 278 g/mol. The molecule has 2 N–H and O–H groups in total. The molecule has 1 atom stereocenters. The van der Waals surface area contributed by atoms with Gasteiger partial charge in [0.15, 0.2) is 0 Å². The Balaban J connectivity index is 1.99. The number of anilines is 2. The second kappa shape index (κ2) is 7.43. The van der Waals surface area contributed by atoms with Crippen LogP contribution in [-0.4, -0.2) is 35.8 Å². The average molecular weight is 278 g/mol. The predicted molar refractivity (Wildman–Crippen MR) is 82.4 cm³/mol. The third-order valence-electron chi connectivity index (χ3n) is 3.64. The molecule has 0 bridgehead atoms. The molecule has 1 aromatic heterocycles. The lowest BCUT2D eigenvalue weighted by Gasteiger charge is -2.15. The van der Waals surface area contributed by atoms with Crippen LogP contribution < -0.4 is 10.6 Å². The molecule has 2 heterocycles. The number of rotatable bonds is 7. The van der Waals surface area contributed by atoms with E-state index in [1.54, 1.807) is 0 Å². The molecular formula is C15H26N4O. The molecule has 0 aromatic carbocycles. The standard InChI is InChI=1S/C15H26N4O/c1-4-13-18-14(16-5-2)11(3)15(19-13)17-9-8-12-7-6-10-20-12/h12H,4-10H2,1-3H3,(H2,16,17,18,19). The Labute approximate surface area is 121 Å². The molecule has 1 aromatic rings. The first-order chi connectivity index (χ1) is 9.74. The van der Waals surface area contributed by atoms with Crippen LogP contribution in [0.25, 0.3) is 0 Å². The van der Waals surface area contributed by atoms with Gasteiger partial charge in [0.2, 0.25) is 0 Å². The van der Waals surface area contributed by atoms with Crippen molar-refractivity contribution in [1.29, 1.82) is 0 Å². The maximum atomic E-state index is 5.64. The first-order valence-corrected chi connectivity index (χ1v) is 7.71. The number of ether oxygens (including phenoxy) is 1. The van der Waals surface area contributed by atoms with Gasteiger partial charge in [-0.1, -0.05) is 6.92 Å². The van der Waals surface area contributed by atoms with Crippen molar-refractivity contribution in [2.24, 2.45) is 0 Å². The Kier molecular flexibility index (Phi) is 5.59. The summed E-state index contributed by atoms with van der Waals surface area (Å²) in [5.74, 6) is 2.77. The van der Waals surface area contributed by atoms with Crippen LogP contribution in [0.1, 0.15) is 44.5 Å². The Morgan fingerprint density at radius 3 is 2.55 bits per heavy atom. The molecule has 20 heavy (non-hydrogen) atoms. The lowest BCUT2D eigenvalue weighted by Crippen LogP contribution is -2.15. The Morgan fingerprint density at radius 2 is 1.95 bits per heavy atom. The van der Waals surface area contributed by atoms with Crippen molar-refractivity contribution in [1.82, 2.24) is 9.97 Å². The van der Waals surface area contributed by atoms with Crippen LogP contribution in [0, 0.1) is 6.92 Å². The molecule has 5 heteroatoms.